The Morgan fingerprint density at radius 2 is 2.24 bits per heavy atom. The number of amides is 1. The Morgan fingerprint density at radius 1 is 1.53 bits per heavy atom. The summed E-state index contributed by atoms with van der Waals surface area (Å²) in [6.07, 6.45) is 2.26. The molecule has 1 amide bonds. The summed E-state index contributed by atoms with van der Waals surface area (Å²) in [5, 5.41) is 4.69. The van der Waals surface area contributed by atoms with Gasteiger partial charge in [0, 0.05) is 20.1 Å². The predicted octanol–water partition coefficient (Wildman–Crippen LogP) is 2.25. The van der Waals surface area contributed by atoms with Gasteiger partial charge in [-0.25, -0.2) is 0 Å². The zero-order chi connectivity index (χ0) is 12.6. The van der Waals surface area contributed by atoms with E-state index in [-0.39, 0.29) is 5.91 Å². The molecule has 1 atom stereocenters. The van der Waals surface area contributed by atoms with E-state index < -0.39 is 0 Å². The number of nitrogens with zero attached hydrogens (tertiary/aromatic N) is 3. The number of carbonyl (C=O) groups is 1. The zero-order valence-corrected chi connectivity index (χ0v) is 11.3. The van der Waals surface area contributed by atoms with Crippen LogP contribution in [0.4, 0.5) is 0 Å². The van der Waals surface area contributed by atoms with Crippen LogP contribution in [0.1, 0.15) is 35.9 Å². The molecule has 1 aromatic heterocycles. The van der Waals surface area contributed by atoms with E-state index in [0.29, 0.717) is 16.6 Å². The van der Waals surface area contributed by atoms with E-state index in [4.69, 9.17) is 11.6 Å². The van der Waals surface area contributed by atoms with Crippen molar-refractivity contribution in [2.24, 2.45) is 13.0 Å². The first-order valence-electron chi connectivity index (χ1n) is 5.99. The second-order valence-corrected chi connectivity index (χ2v) is 5.25. The summed E-state index contributed by atoms with van der Waals surface area (Å²) < 4.78 is 1.66. The van der Waals surface area contributed by atoms with Crippen LogP contribution in [-0.4, -0.2) is 33.7 Å². The van der Waals surface area contributed by atoms with Crippen LogP contribution in [-0.2, 0) is 7.05 Å². The SMILES string of the molecule is Cc1c(Cl)c(C(=O)N2CCC[C@H](C)C2)nn1C. The van der Waals surface area contributed by atoms with Crippen molar-refractivity contribution in [2.45, 2.75) is 26.7 Å². The second-order valence-electron chi connectivity index (χ2n) is 4.87. The standard InChI is InChI=1S/C12H18ClN3O/c1-8-5-4-6-16(7-8)12(17)11-10(13)9(2)15(3)14-11/h8H,4-7H2,1-3H3/t8-/m0/s1. The molecule has 0 aliphatic carbocycles. The molecule has 1 saturated heterocycles. The van der Waals surface area contributed by atoms with Gasteiger partial charge >= 0.3 is 0 Å². The van der Waals surface area contributed by atoms with E-state index in [1.54, 1.807) is 11.7 Å². The van der Waals surface area contributed by atoms with E-state index in [1.807, 2.05) is 11.8 Å². The van der Waals surface area contributed by atoms with E-state index in [1.165, 1.54) is 6.42 Å². The van der Waals surface area contributed by atoms with Gasteiger partial charge in [-0.2, -0.15) is 5.10 Å². The number of halogens is 1. The third-order valence-electron chi connectivity index (χ3n) is 3.41. The van der Waals surface area contributed by atoms with Crippen LogP contribution in [0.5, 0.6) is 0 Å². The maximum atomic E-state index is 12.3. The van der Waals surface area contributed by atoms with Crippen molar-refractivity contribution >= 4 is 17.5 Å². The third kappa shape index (κ3) is 2.32. The molecule has 2 rings (SSSR count). The Morgan fingerprint density at radius 3 is 2.76 bits per heavy atom. The van der Waals surface area contributed by atoms with Crippen LogP contribution in [0, 0.1) is 12.8 Å². The Hall–Kier alpha value is -1.03. The fourth-order valence-electron chi connectivity index (χ4n) is 2.24. The molecule has 1 aromatic rings. The van der Waals surface area contributed by atoms with Gasteiger partial charge < -0.3 is 4.90 Å². The van der Waals surface area contributed by atoms with Crippen LogP contribution in [0.2, 0.25) is 5.02 Å². The highest BCUT2D eigenvalue weighted by Gasteiger charge is 2.26. The minimum Gasteiger partial charge on any atom is -0.337 e. The summed E-state index contributed by atoms with van der Waals surface area (Å²) in [6.45, 7) is 5.66. The molecule has 0 N–H and O–H groups in total. The van der Waals surface area contributed by atoms with Crippen LogP contribution in [0.25, 0.3) is 0 Å². The quantitative estimate of drug-likeness (QED) is 0.772. The fourth-order valence-corrected chi connectivity index (χ4v) is 2.48. The lowest BCUT2D eigenvalue weighted by Crippen LogP contribution is -2.39. The van der Waals surface area contributed by atoms with E-state index in [9.17, 15) is 4.79 Å². The van der Waals surface area contributed by atoms with Crippen molar-refractivity contribution in [3.05, 3.63) is 16.4 Å². The van der Waals surface area contributed by atoms with Gasteiger partial charge in [-0.05, 0) is 25.7 Å². The van der Waals surface area contributed by atoms with Crippen LogP contribution < -0.4 is 0 Å². The average molecular weight is 256 g/mol. The van der Waals surface area contributed by atoms with Crippen molar-refractivity contribution in [1.29, 1.82) is 0 Å². The molecule has 17 heavy (non-hydrogen) atoms. The fraction of sp³-hybridized carbons (Fsp3) is 0.667. The van der Waals surface area contributed by atoms with Gasteiger partial charge in [-0.15, -0.1) is 0 Å². The average Bonchev–Trinajstić information content (AvgIpc) is 2.56. The molecule has 4 nitrogen and oxygen atoms in total. The lowest BCUT2D eigenvalue weighted by atomic mass is 10.00. The minimum atomic E-state index is -0.0368. The first-order valence-corrected chi connectivity index (χ1v) is 6.37. The number of likely N-dealkylation sites (tertiary alicyclic amines) is 1. The summed E-state index contributed by atoms with van der Waals surface area (Å²) in [6, 6.07) is 0. The molecular formula is C12H18ClN3O. The molecule has 0 radical (unpaired) electrons. The summed E-state index contributed by atoms with van der Waals surface area (Å²) in [5.41, 5.74) is 1.22. The van der Waals surface area contributed by atoms with Crippen molar-refractivity contribution in [3.63, 3.8) is 0 Å². The largest absolute Gasteiger partial charge is 0.337 e. The number of rotatable bonds is 1. The lowest BCUT2D eigenvalue weighted by Gasteiger charge is -2.30. The molecular weight excluding hydrogens is 238 g/mol. The maximum Gasteiger partial charge on any atom is 0.275 e. The molecule has 0 aromatic carbocycles. The van der Waals surface area contributed by atoms with Gasteiger partial charge in [0.05, 0.1) is 10.7 Å². The Kier molecular flexibility index (Phi) is 3.43. The van der Waals surface area contributed by atoms with Crippen molar-refractivity contribution in [2.75, 3.05) is 13.1 Å². The molecule has 2 heterocycles. The molecule has 1 aliphatic rings. The summed E-state index contributed by atoms with van der Waals surface area (Å²) in [5.74, 6) is 0.529. The van der Waals surface area contributed by atoms with E-state index >= 15 is 0 Å². The smallest absolute Gasteiger partial charge is 0.275 e. The molecule has 0 spiro atoms. The molecule has 1 aliphatic heterocycles. The van der Waals surface area contributed by atoms with E-state index in [0.717, 1.165) is 25.2 Å². The van der Waals surface area contributed by atoms with E-state index in [2.05, 4.69) is 12.0 Å². The van der Waals surface area contributed by atoms with Gasteiger partial charge in [0.2, 0.25) is 0 Å². The molecule has 5 heteroatoms. The summed E-state index contributed by atoms with van der Waals surface area (Å²) in [7, 11) is 1.80. The number of hydrogen-bond acceptors (Lipinski definition) is 2. The van der Waals surface area contributed by atoms with Crippen LogP contribution in [0.15, 0.2) is 0 Å². The number of piperidine rings is 1. The van der Waals surface area contributed by atoms with Gasteiger partial charge in [0.1, 0.15) is 0 Å². The minimum absolute atomic E-state index is 0.0368. The van der Waals surface area contributed by atoms with Crippen molar-refractivity contribution in [3.8, 4) is 0 Å². The van der Waals surface area contributed by atoms with Gasteiger partial charge in [0.25, 0.3) is 5.91 Å². The van der Waals surface area contributed by atoms with Crippen molar-refractivity contribution in [1.82, 2.24) is 14.7 Å². The molecule has 0 bridgehead atoms. The molecule has 94 valence electrons. The topological polar surface area (TPSA) is 38.1 Å². The number of aryl methyl sites for hydroxylation is 1. The number of hydrogen-bond donors (Lipinski definition) is 0. The van der Waals surface area contributed by atoms with Crippen LogP contribution in [0.3, 0.4) is 0 Å². The van der Waals surface area contributed by atoms with Gasteiger partial charge in [-0.3, -0.25) is 9.48 Å². The van der Waals surface area contributed by atoms with Gasteiger partial charge in [-0.1, -0.05) is 18.5 Å². The summed E-state index contributed by atoms with van der Waals surface area (Å²) >= 11 is 6.13. The first-order chi connectivity index (χ1) is 8.00. The summed E-state index contributed by atoms with van der Waals surface area (Å²) in [4.78, 5) is 14.2. The lowest BCUT2D eigenvalue weighted by molar-refractivity contribution is 0.0676. The van der Waals surface area contributed by atoms with Gasteiger partial charge in [0.15, 0.2) is 5.69 Å². The first kappa shape index (κ1) is 12.4. The number of aromatic nitrogens is 2. The molecule has 0 unspecified atom stereocenters. The van der Waals surface area contributed by atoms with Crippen molar-refractivity contribution < 1.29 is 4.79 Å². The second kappa shape index (κ2) is 4.69. The molecule has 0 saturated carbocycles. The zero-order valence-electron chi connectivity index (χ0n) is 10.5. The van der Waals surface area contributed by atoms with Crippen LogP contribution >= 0.6 is 11.6 Å². The Bertz CT molecular complexity index is 441. The highest BCUT2D eigenvalue weighted by molar-refractivity contribution is 6.34. The predicted molar refractivity (Wildman–Crippen MR) is 67.3 cm³/mol. The highest BCUT2D eigenvalue weighted by Crippen LogP contribution is 2.23. The Labute approximate surface area is 107 Å². The maximum absolute atomic E-state index is 12.3. The highest BCUT2D eigenvalue weighted by atomic mass is 35.5. The molecule has 1 fully saturated rings. The monoisotopic (exact) mass is 255 g/mol. The Balaban J connectivity index is 2.21. The normalized spacial score (nSPS) is 20.7. The number of carbonyl (C=O) groups excluding carboxylic acids is 1. The third-order valence-corrected chi connectivity index (χ3v) is 3.86.